The Balaban J connectivity index is 3.51. The molecule has 0 aromatic heterocycles. The van der Waals surface area contributed by atoms with Gasteiger partial charge in [-0.15, -0.1) is 0 Å². The quantitative estimate of drug-likeness (QED) is 0.583. The number of nitrogens with one attached hydrogen (secondary N) is 2. The predicted molar refractivity (Wildman–Crippen MR) is 77.7 cm³/mol. The van der Waals surface area contributed by atoms with Crippen LogP contribution in [0, 0.1) is 5.92 Å². The molecule has 0 bridgehead atoms. The molecule has 18 heavy (non-hydrogen) atoms. The van der Waals surface area contributed by atoms with Crippen molar-refractivity contribution in [2.75, 3.05) is 32.7 Å². The summed E-state index contributed by atoms with van der Waals surface area (Å²) in [5, 5.41) is 6.18. The van der Waals surface area contributed by atoms with E-state index >= 15 is 0 Å². The Morgan fingerprint density at radius 1 is 1.17 bits per heavy atom. The van der Waals surface area contributed by atoms with Crippen LogP contribution < -0.4 is 10.6 Å². The van der Waals surface area contributed by atoms with Crippen molar-refractivity contribution < 1.29 is 4.79 Å². The van der Waals surface area contributed by atoms with Gasteiger partial charge in [0.2, 0.25) is 5.91 Å². The molecule has 0 fully saturated rings. The Labute approximate surface area is 113 Å². The van der Waals surface area contributed by atoms with Gasteiger partial charge in [0, 0.05) is 6.04 Å². The smallest absolute Gasteiger partial charge is 0.234 e. The van der Waals surface area contributed by atoms with Crippen molar-refractivity contribution in [1.29, 1.82) is 0 Å². The number of amides is 1. The van der Waals surface area contributed by atoms with Crippen LogP contribution in [0.3, 0.4) is 0 Å². The van der Waals surface area contributed by atoms with E-state index in [1.165, 1.54) is 0 Å². The Morgan fingerprint density at radius 2 is 1.78 bits per heavy atom. The van der Waals surface area contributed by atoms with Crippen LogP contribution in [0.25, 0.3) is 0 Å². The summed E-state index contributed by atoms with van der Waals surface area (Å²) in [5.74, 6) is 0.579. The molecule has 0 saturated carbocycles. The molecule has 1 unspecified atom stereocenters. The Morgan fingerprint density at radius 3 is 2.28 bits per heavy atom. The van der Waals surface area contributed by atoms with Crippen LogP contribution in [-0.4, -0.2) is 49.6 Å². The molecule has 0 rings (SSSR count). The van der Waals surface area contributed by atoms with Gasteiger partial charge in [-0.05, 0) is 45.4 Å². The number of nitrogens with zero attached hydrogens (tertiary/aromatic N) is 1. The second-order valence-corrected chi connectivity index (χ2v) is 5.16. The molecule has 1 atom stereocenters. The van der Waals surface area contributed by atoms with Gasteiger partial charge in [-0.25, -0.2) is 0 Å². The first-order valence-corrected chi connectivity index (χ1v) is 7.23. The minimum absolute atomic E-state index is 0.0963. The fourth-order valence-corrected chi connectivity index (χ4v) is 1.64. The molecule has 0 aliphatic rings. The van der Waals surface area contributed by atoms with Crippen molar-refractivity contribution >= 4 is 5.91 Å². The van der Waals surface area contributed by atoms with Crippen molar-refractivity contribution in [2.24, 2.45) is 5.92 Å². The monoisotopic (exact) mass is 257 g/mol. The Hall–Kier alpha value is -0.610. The lowest BCUT2D eigenvalue weighted by atomic mass is 10.1. The normalized spacial score (nSPS) is 13.1. The molecule has 2 N–H and O–H groups in total. The van der Waals surface area contributed by atoms with Crippen molar-refractivity contribution in [2.45, 2.75) is 47.1 Å². The highest BCUT2D eigenvalue weighted by Crippen LogP contribution is 1.98. The third kappa shape index (κ3) is 8.48. The highest BCUT2D eigenvalue weighted by atomic mass is 16.1. The summed E-state index contributed by atoms with van der Waals surface area (Å²) in [6, 6.07) is 0.245. The molecular weight excluding hydrogens is 226 g/mol. The standard InChI is InChI=1S/C14H31N3O/c1-6-17(7-2)10-8-9-15-11-14(18)16-13(5)12(3)4/h12-13,15H,6-11H2,1-5H3,(H,16,18). The topological polar surface area (TPSA) is 44.4 Å². The second kappa shape index (κ2) is 10.3. The number of carbonyl (C=O) groups is 1. The van der Waals surface area contributed by atoms with E-state index in [-0.39, 0.29) is 11.9 Å². The van der Waals surface area contributed by atoms with Crippen molar-refractivity contribution in [3.63, 3.8) is 0 Å². The zero-order valence-electron chi connectivity index (χ0n) is 12.8. The zero-order valence-corrected chi connectivity index (χ0v) is 12.8. The number of hydrogen-bond donors (Lipinski definition) is 2. The lowest BCUT2D eigenvalue weighted by Crippen LogP contribution is -2.41. The summed E-state index contributed by atoms with van der Waals surface area (Å²) in [5.41, 5.74) is 0. The Kier molecular flexibility index (Phi) is 9.98. The maximum atomic E-state index is 11.6. The second-order valence-electron chi connectivity index (χ2n) is 5.16. The molecule has 0 aromatic carbocycles. The highest BCUT2D eigenvalue weighted by Gasteiger charge is 2.09. The number of carbonyl (C=O) groups excluding carboxylic acids is 1. The summed E-state index contributed by atoms with van der Waals surface area (Å²) in [4.78, 5) is 14.0. The van der Waals surface area contributed by atoms with E-state index in [0.29, 0.717) is 12.5 Å². The fourth-order valence-electron chi connectivity index (χ4n) is 1.64. The SMILES string of the molecule is CCN(CC)CCCNCC(=O)NC(C)C(C)C. The van der Waals surface area contributed by atoms with Crippen LogP contribution in [0.2, 0.25) is 0 Å². The lowest BCUT2D eigenvalue weighted by Gasteiger charge is -2.19. The van der Waals surface area contributed by atoms with Gasteiger partial charge in [0.05, 0.1) is 6.54 Å². The minimum atomic E-state index is 0.0963. The molecule has 0 aliphatic carbocycles. The highest BCUT2D eigenvalue weighted by molar-refractivity contribution is 5.78. The molecule has 1 amide bonds. The molecule has 0 spiro atoms. The molecular formula is C14H31N3O. The van der Waals surface area contributed by atoms with Gasteiger partial charge in [0.15, 0.2) is 0 Å². The van der Waals surface area contributed by atoms with Crippen LogP contribution in [0.5, 0.6) is 0 Å². The summed E-state index contributed by atoms with van der Waals surface area (Å²) >= 11 is 0. The van der Waals surface area contributed by atoms with Gasteiger partial charge < -0.3 is 15.5 Å². The van der Waals surface area contributed by atoms with Crippen LogP contribution in [-0.2, 0) is 4.79 Å². The van der Waals surface area contributed by atoms with Crippen LogP contribution in [0.4, 0.5) is 0 Å². The fraction of sp³-hybridized carbons (Fsp3) is 0.929. The van der Waals surface area contributed by atoms with Gasteiger partial charge in [-0.1, -0.05) is 27.7 Å². The first-order chi connectivity index (χ1) is 8.51. The van der Waals surface area contributed by atoms with E-state index < -0.39 is 0 Å². The van der Waals surface area contributed by atoms with E-state index in [4.69, 9.17) is 0 Å². The summed E-state index contributed by atoms with van der Waals surface area (Å²) in [6.07, 6.45) is 1.09. The van der Waals surface area contributed by atoms with Crippen molar-refractivity contribution in [3.8, 4) is 0 Å². The van der Waals surface area contributed by atoms with Gasteiger partial charge in [0.25, 0.3) is 0 Å². The van der Waals surface area contributed by atoms with E-state index in [2.05, 4.69) is 43.2 Å². The van der Waals surface area contributed by atoms with Crippen LogP contribution in [0.15, 0.2) is 0 Å². The maximum Gasteiger partial charge on any atom is 0.234 e. The van der Waals surface area contributed by atoms with E-state index in [0.717, 1.165) is 32.6 Å². The number of rotatable bonds is 10. The summed E-state index contributed by atoms with van der Waals surface area (Å²) in [7, 11) is 0. The molecule has 0 radical (unpaired) electrons. The summed E-state index contributed by atoms with van der Waals surface area (Å²) < 4.78 is 0. The van der Waals surface area contributed by atoms with Crippen LogP contribution in [0.1, 0.15) is 41.0 Å². The molecule has 0 aliphatic heterocycles. The Bertz CT molecular complexity index is 215. The number of hydrogen-bond acceptors (Lipinski definition) is 3. The van der Waals surface area contributed by atoms with E-state index in [1.54, 1.807) is 0 Å². The largest absolute Gasteiger partial charge is 0.352 e. The van der Waals surface area contributed by atoms with Crippen molar-refractivity contribution in [1.82, 2.24) is 15.5 Å². The predicted octanol–water partition coefficient (Wildman–Crippen LogP) is 1.47. The van der Waals surface area contributed by atoms with Gasteiger partial charge in [-0.2, -0.15) is 0 Å². The first-order valence-electron chi connectivity index (χ1n) is 7.23. The third-order valence-corrected chi connectivity index (χ3v) is 3.40. The third-order valence-electron chi connectivity index (χ3n) is 3.40. The molecule has 0 saturated heterocycles. The molecule has 108 valence electrons. The van der Waals surface area contributed by atoms with Gasteiger partial charge in [0.1, 0.15) is 0 Å². The molecule has 4 heteroatoms. The zero-order chi connectivity index (χ0) is 14.0. The minimum Gasteiger partial charge on any atom is -0.352 e. The van der Waals surface area contributed by atoms with Gasteiger partial charge in [-0.3, -0.25) is 4.79 Å². The van der Waals surface area contributed by atoms with Crippen molar-refractivity contribution in [3.05, 3.63) is 0 Å². The average Bonchev–Trinajstić information content (AvgIpc) is 2.33. The summed E-state index contributed by atoms with van der Waals surface area (Å²) in [6.45, 7) is 15.3. The first kappa shape index (κ1) is 17.4. The lowest BCUT2D eigenvalue weighted by molar-refractivity contribution is -0.121. The van der Waals surface area contributed by atoms with Crippen LogP contribution >= 0.6 is 0 Å². The van der Waals surface area contributed by atoms with E-state index in [9.17, 15) is 4.79 Å². The molecule has 0 heterocycles. The molecule has 0 aromatic rings. The van der Waals surface area contributed by atoms with E-state index in [1.807, 2.05) is 6.92 Å². The molecule has 4 nitrogen and oxygen atoms in total. The van der Waals surface area contributed by atoms with Gasteiger partial charge >= 0.3 is 0 Å². The average molecular weight is 257 g/mol. The maximum absolute atomic E-state index is 11.6.